The molecule has 1 aromatic carbocycles. The number of aliphatic hydroxyl groups excluding tert-OH is 1. The van der Waals surface area contributed by atoms with Crippen LogP contribution in [0.15, 0.2) is 18.2 Å². The molecule has 2 rings (SSSR count). The zero-order chi connectivity index (χ0) is 14.8. The topological polar surface area (TPSA) is 52.6 Å². The van der Waals surface area contributed by atoms with Gasteiger partial charge < -0.3 is 15.3 Å². The number of carbonyl (C=O) groups excluding carboxylic acids is 1. The van der Waals surface area contributed by atoms with E-state index in [1.54, 1.807) is 12.1 Å². The first-order valence-electron chi connectivity index (χ1n) is 6.24. The summed E-state index contributed by atoms with van der Waals surface area (Å²) < 4.78 is 37.3. The number of halogens is 3. The Hall–Kier alpha value is -1.76. The molecular formula is C13H15F3N2O2. The van der Waals surface area contributed by atoms with Gasteiger partial charge in [-0.2, -0.15) is 13.2 Å². The second-order valence-electron chi connectivity index (χ2n) is 4.61. The molecule has 0 atom stereocenters. The zero-order valence-electron chi connectivity index (χ0n) is 10.7. The van der Waals surface area contributed by atoms with Crippen LogP contribution in [0.3, 0.4) is 0 Å². The Morgan fingerprint density at radius 3 is 2.80 bits per heavy atom. The lowest BCUT2D eigenvalue weighted by Gasteiger charge is -2.23. The van der Waals surface area contributed by atoms with Crippen molar-refractivity contribution in [3.8, 4) is 0 Å². The van der Waals surface area contributed by atoms with Gasteiger partial charge in [0.25, 0.3) is 5.91 Å². The van der Waals surface area contributed by atoms with E-state index in [-0.39, 0.29) is 12.1 Å². The minimum Gasteiger partial charge on any atom is -0.395 e. The molecule has 1 heterocycles. The van der Waals surface area contributed by atoms with Gasteiger partial charge in [-0.1, -0.05) is 0 Å². The summed E-state index contributed by atoms with van der Waals surface area (Å²) in [5, 5.41) is 11.9. The third-order valence-corrected chi connectivity index (χ3v) is 3.09. The first-order valence-corrected chi connectivity index (χ1v) is 6.24. The number of nitrogens with zero attached hydrogens (tertiary/aromatic N) is 1. The Morgan fingerprint density at radius 2 is 2.15 bits per heavy atom. The summed E-state index contributed by atoms with van der Waals surface area (Å²) in [7, 11) is 0. The van der Waals surface area contributed by atoms with Crippen LogP contribution in [-0.2, 0) is 6.42 Å². The quantitative estimate of drug-likeness (QED) is 0.886. The largest absolute Gasteiger partial charge is 0.406 e. The van der Waals surface area contributed by atoms with Crippen LogP contribution in [0.25, 0.3) is 0 Å². The molecule has 0 unspecified atom stereocenters. The van der Waals surface area contributed by atoms with Crippen molar-refractivity contribution in [2.45, 2.75) is 12.6 Å². The van der Waals surface area contributed by atoms with Crippen molar-refractivity contribution in [2.75, 3.05) is 31.6 Å². The van der Waals surface area contributed by atoms with Crippen molar-refractivity contribution < 1.29 is 23.1 Å². The third-order valence-electron chi connectivity index (χ3n) is 3.09. The first kappa shape index (κ1) is 14.6. The van der Waals surface area contributed by atoms with Crippen LogP contribution in [0, 0.1) is 0 Å². The van der Waals surface area contributed by atoms with E-state index in [1.165, 1.54) is 6.07 Å². The van der Waals surface area contributed by atoms with Crippen molar-refractivity contribution in [3.63, 3.8) is 0 Å². The lowest BCUT2D eigenvalue weighted by molar-refractivity contribution is -0.141. The van der Waals surface area contributed by atoms with Crippen LogP contribution in [0.5, 0.6) is 0 Å². The molecule has 1 aromatic rings. The average molecular weight is 288 g/mol. The molecule has 7 heteroatoms. The van der Waals surface area contributed by atoms with Crippen LogP contribution < -0.4 is 5.32 Å². The zero-order valence-corrected chi connectivity index (χ0v) is 10.7. The predicted octanol–water partition coefficient (Wildman–Crippen LogP) is 1.65. The fraction of sp³-hybridized carbons (Fsp3) is 0.462. The summed E-state index contributed by atoms with van der Waals surface area (Å²) in [6.07, 6.45) is -3.74. The Bertz CT molecular complexity index is 503. The van der Waals surface area contributed by atoms with Gasteiger partial charge in [-0.05, 0) is 30.2 Å². The van der Waals surface area contributed by atoms with Crippen molar-refractivity contribution >= 4 is 11.6 Å². The van der Waals surface area contributed by atoms with Gasteiger partial charge in [0.05, 0.1) is 6.61 Å². The number of fused-ring (bicyclic) bond motifs is 1. The Labute approximate surface area is 114 Å². The van der Waals surface area contributed by atoms with E-state index in [0.717, 1.165) is 24.2 Å². The summed E-state index contributed by atoms with van der Waals surface area (Å²) in [4.78, 5) is 12.7. The van der Waals surface area contributed by atoms with E-state index in [9.17, 15) is 18.0 Å². The molecule has 4 nitrogen and oxygen atoms in total. The van der Waals surface area contributed by atoms with Gasteiger partial charge in [0, 0.05) is 24.3 Å². The Kier molecular flexibility index (Phi) is 4.17. The van der Waals surface area contributed by atoms with Crippen molar-refractivity contribution in [1.29, 1.82) is 0 Å². The van der Waals surface area contributed by atoms with Crippen LogP contribution in [-0.4, -0.2) is 48.3 Å². The van der Waals surface area contributed by atoms with Crippen LogP contribution in [0.1, 0.15) is 15.9 Å². The molecule has 110 valence electrons. The van der Waals surface area contributed by atoms with Crippen LogP contribution in [0.4, 0.5) is 18.9 Å². The van der Waals surface area contributed by atoms with Gasteiger partial charge in [-0.15, -0.1) is 0 Å². The summed E-state index contributed by atoms with van der Waals surface area (Å²) in [6.45, 7) is -1.44. The van der Waals surface area contributed by atoms with Crippen LogP contribution in [0.2, 0.25) is 0 Å². The fourth-order valence-corrected chi connectivity index (χ4v) is 2.21. The highest BCUT2D eigenvalue weighted by molar-refractivity contribution is 5.95. The smallest absolute Gasteiger partial charge is 0.395 e. The molecule has 0 radical (unpaired) electrons. The average Bonchev–Trinajstić information content (AvgIpc) is 2.83. The summed E-state index contributed by atoms with van der Waals surface area (Å²) in [5.74, 6) is -0.717. The third kappa shape index (κ3) is 3.41. The molecule has 1 amide bonds. The first-order chi connectivity index (χ1) is 9.40. The number of aliphatic hydroxyl groups is 1. The lowest BCUT2D eigenvalue weighted by Crippen LogP contribution is -2.40. The number of benzene rings is 1. The fourth-order valence-electron chi connectivity index (χ4n) is 2.21. The highest BCUT2D eigenvalue weighted by Gasteiger charge is 2.33. The number of anilines is 1. The molecular weight excluding hydrogens is 273 g/mol. The van der Waals surface area contributed by atoms with E-state index < -0.39 is 25.2 Å². The van der Waals surface area contributed by atoms with Gasteiger partial charge in [0.1, 0.15) is 6.54 Å². The Morgan fingerprint density at radius 1 is 1.40 bits per heavy atom. The molecule has 0 saturated carbocycles. The van der Waals surface area contributed by atoms with Gasteiger partial charge in [-0.25, -0.2) is 0 Å². The van der Waals surface area contributed by atoms with Crippen molar-refractivity contribution in [3.05, 3.63) is 29.3 Å². The molecule has 20 heavy (non-hydrogen) atoms. The number of alkyl halides is 3. The maximum atomic E-state index is 12.4. The molecule has 0 fully saturated rings. The molecule has 1 aliphatic rings. The molecule has 2 N–H and O–H groups in total. The highest BCUT2D eigenvalue weighted by Crippen LogP contribution is 2.24. The molecule has 0 bridgehead atoms. The highest BCUT2D eigenvalue weighted by atomic mass is 19.4. The maximum Gasteiger partial charge on any atom is 0.406 e. The van der Waals surface area contributed by atoms with Crippen molar-refractivity contribution in [1.82, 2.24) is 4.90 Å². The minimum atomic E-state index is -4.48. The number of carbonyl (C=O) groups is 1. The molecule has 0 aliphatic carbocycles. The number of amides is 1. The monoisotopic (exact) mass is 288 g/mol. The predicted molar refractivity (Wildman–Crippen MR) is 67.7 cm³/mol. The minimum absolute atomic E-state index is 0.213. The van der Waals surface area contributed by atoms with E-state index >= 15 is 0 Å². The van der Waals surface area contributed by atoms with Gasteiger partial charge >= 0.3 is 6.18 Å². The molecule has 0 aromatic heterocycles. The molecule has 1 aliphatic heterocycles. The summed E-state index contributed by atoms with van der Waals surface area (Å²) in [5.41, 5.74) is 2.04. The number of nitrogens with one attached hydrogen (secondary N) is 1. The van der Waals surface area contributed by atoms with E-state index in [4.69, 9.17) is 5.11 Å². The van der Waals surface area contributed by atoms with E-state index in [1.807, 2.05) is 0 Å². The second-order valence-corrected chi connectivity index (χ2v) is 4.61. The summed E-state index contributed by atoms with van der Waals surface area (Å²) >= 11 is 0. The van der Waals surface area contributed by atoms with Gasteiger partial charge in [0.15, 0.2) is 0 Å². The SMILES string of the molecule is O=C(c1ccc2c(c1)CCN2)N(CCO)CC(F)(F)F. The normalized spacial score (nSPS) is 13.8. The Balaban J connectivity index is 2.18. The van der Waals surface area contributed by atoms with Gasteiger partial charge in [-0.3, -0.25) is 4.79 Å². The maximum absolute atomic E-state index is 12.4. The van der Waals surface area contributed by atoms with Crippen molar-refractivity contribution in [2.24, 2.45) is 0 Å². The van der Waals surface area contributed by atoms with E-state index in [2.05, 4.69) is 5.32 Å². The summed E-state index contributed by atoms with van der Waals surface area (Å²) in [6, 6.07) is 4.80. The number of hydrogen-bond donors (Lipinski definition) is 2. The van der Waals surface area contributed by atoms with Crippen LogP contribution >= 0.6 is 0 Å². The standard InChI is InChI=1S/C13H15F3N2O2/c14-13(15,16)8-18(5-6-19)12(20)10-1-2-11-9(7-10)3-4-17-11/h1-2,7,17,19H,3-6,8H2. The number of rotatable bonds is 4. The second kappa shape index (κ2) is 5.70. The lowest BCUT2D eigenvalue weighted by atomic mass is 10.1. The van der Waals surface area contributed by atoms with E-state index in [0.29, 0.717) is 4.90 Å². The molecule has 0 saturated heterocycles. The molecule has 0 spiro atoms. The number of hydrogen-bond acceptors (Lipinski definition) is 3. The van der Waals surface area contributed by atoms with Gasteiger partial charge in [0.2, 0.25) is 0 Å².